The molecule has 0 bridgehead atoms. The summed E-state index contributed by atoms with van der Waals surface area (Å²) in [4.78, 5) is 17.2. The number of ether oxygens (including phenoxy) is 1. The number of anilines is 1. The molecule has 1 unspecified atom stereocenters. The van der Waals surface area contributed by atoms with Gasteiger partial charge in [0.05, 0.1) is 11.3 Å². The van der Waals surface area contributed by atoms with E-state index in [9.17, 15) is 4.79 Å². The fraction of sp³-hybridized carbons (Fsp3) is 0.562. The van der Waals surface area contributed by atoms with Gasteiger partial charge in [0, 0.05) is 25.7 Å². The van der Waals surface area contributed by atoms with Gasteiger partial charge in [-0.25, -0.2) is 0 Å². The van der Waals surface area contributed by atoms with E-state index in [1.54, 1.807) is 0 Å². The third kappa shape index (κ3) is 2.83. The van der Waals surface area contributed by atoms with Crippen LogP contribution in [0.4, 0.5) is 5.69 Å². The van der Waals surface area contributed by atoms with Gasteiger partial charge < -0.3 is 19.9 Å². The summed E-state index contributed by atoms with van der Waals surface area (Å²) in [6, 6.07) is 5.97. The minimum Gasteiger partial charge on any atom is -0.489 e. The number of fused-ring (bicyclic) bond motifs is 1. The van der Waals surface area contributed by atoms with Gasteiger partial charge in [0.1, 0.15) is 6.61 Å². The third-order valence-electron chi connectivity index (χ3n) is 4.22. The van der Waals surface area contributed by atoms with Crippen LogP contribution in [0.15, 0.2) is 18.2 Å². The van der Waals surface area contributed by atoms with E-state index in [4.69, 9.17) is 4.74 Å². The first-order chi connectivity index (χ1) is 10.2. The van der Waals surface area contributed by atoms with Crippen LogP contribution >= 0.6 is 0 Å². The van der Waals surface area contributed by atoms with E-state index >= 15 is 0 Å². The van der Waals surface area contributed by atoms with Crippen LogP contribution in [0.5, 0.6) is 5.75 Å². The van der Waals surface area contributed by atoms with E-state index in [-0.39, 0.29) is 11.9 Å². The Kier molecular flexibility index (Phi) is 4.01. The van der Waals surface area contributed by atoms with Crippen LogP contribution in [0.2, 0.25) is 0 Å². The molecule has 0 spiro atoms. The van der Waals surface area contributed by atoms with Gasteiger partial charge in [-0.1, -0.05) is 6.07 Å². The van der Waals surface area contributed by atoms with Crippen LogP contribution in [-0.2, 0) is 0 Å². The molecule has 21 heavy (non-hydrogen) atoms. The molecule has 3 rings (SSSR count). The summed E-state index contributed by atoms with van der Waals surface area (Å²) in [6.07, 6.45) is 1.01. The second-order valence-corrected chi connectivity index (χ2v) is 5.92. The Hall–Kier alpha value is -1.75. The van der Waals surface area contributed by atoms with Crippen LogP contribution < -0.4 is 10.1 Å². The lowest BCUT2D eigenvalue weighted by Crippen LogP contribution is -2.42. The molecule has 2 heterocycles. The molecule has 1 atom stereocenters. The second-order valence-electron chi connectivity index (χ2n) is 5.92. The van der Waals surface area contributed by atoms with Crippen LogP contribution in [-0.4, -0.2) is 61.6 Å². The maximum Gasteiger partial charge on any atom is 0.257 e. The Balaban J connectivity index is 1.88. The van der Waals surface area contributed by atoms with E-state index < -0.39 is 0 Å². The molecule has 1 aromatic rings. The molecule has 5 nitrogen and oxygen atoms in total. The third-order valence-corrected chi connectivity index (χ3v) is 4.22. The zero-order valence-electron chi connectivity index (χ0n) is 12.8. The van der Waals surface area contributed by atoms with Crippen LogP contribution in [0.3, 0.4) is 0 Å². The quantitative estimate of drug-likeness (QED) is 0.854. The van der Waals surface area contributed by atoms with Gasteiger partial charge in [0.15, 0.2) is 5.75 Å². The van der Waals surface area contributed by atoms with E-state index in [1.165, 1.54) is 0 Å². The van der Waals surface area contributed by atoms with Gasteiger partial charge in [-0.05, 0) is 39.1 Å². The van der Waals surface area contributed by atoms with Crippen molar-refractivity contribution in [3.05, 3.63) is 23.8 Å². The lowest BCUT2D eigenvalue weighted by Gasteiger charge is -2.30. The number of likely N-dealkylation sites (N-methyl/N-ethyl adjacent to an activating group) is 1. The Bertz CT molecular complexity index is 532. The fourth-order valence-corrected chi connectivity index (χ4v) is 3.17. The SMILES string of the molecule is CC1CN(C)CCCN1C(=O)c1cccc2c1OCCN2. The van der Waals surface area contributed by atoms with E-state index in [0.29, 0.717) is 17.9 Å². The van der Waals surface area contributed by atoms with Crippen molar-refractivity contribution in [3.8, 4) is 5.75 Å². The molecule has 1 aromatic carbocycles. The number of hydrogen-bond donors (Lipinski definition) is 1. The smallest absolute Gasteiger partial charge is 0.257 e. The molecule has 0 radical (unpaired) electrons. The summed E-state index contributed by atoms with van der Waals surface area (Å²) in [6.45, 7) is 6.28. The number of amides is 1. The molecule has 5 heteroatoms. The fourth-order valence-electron chi connectivity index (χ4n) is 3.17. The highest BCUT2D eigenvalue weighted by Crippen LogP contribution is 2.32. The summed E-state index contributed by atoms with van der Waals surface area (Å²) >= 11 is 0. The number of carbonyl (C=O) groups is 1. The number of hydrogen-bond acceptors (Lipinski definition) is 4. The minimum atomic E-state index is 0.0818. The molecule has 1 N–H and O–H groups in total. The second kappa shape index (κ2) is 5.93. The average Bonchev–Trinajstić information content (AvgIpc) is 2.66. The molecule has 0 saturated carbocycles. The lowest BCUT2D eigenvalue weighted by atomic mass is 10.1. The van der Waals surface area contributed by atoms with Crippen molar-refractivity contribution in [2.75, 3.05) is 45.2 Å². The summed E-state index contributed by atoms with van der Waals surface area (Å²) in [5.41, 5.74) is 1.60. The number of rotatable bonds is 1. The van der Waals surface area contributed by atoms with Gasteiger partial charge in [0.2, 0.25) is 0 Å². The number of nitrogens with zero attached hydrogens (tertiary/aromatic N) is 2. The van der Waals surface area contributed by atoms with E-state index in [0.717, 1.165) is 38.3 Å². The predicted molar refractivity (Wildman–Crippen MR) is 83.0 cm³/mol. The highest BCUT2D eigenvalue weighted by Gasteiger charge is 2.28. The lowest BCUT2D eigenvalue weighted by molar-refractivity contribution is 0.0692. The summed E-state index contributed by atoms with van der Waals surface area (Å²) < 4.78 is 5.73. The highest BCUT2D eigenvalue weighted by molar-refractivity contribution is 5.99. The van der Waals surface area contributed by atoms with Crippen molar-refractivity contribution < 1.29 is 9.53 Å². The minimum absolute atomic E-state index is 0.0818. The number of carbonyl (C=O) groups excluding carboxylic acids is 1. The van der Waals surface area contributed by atoms with Gasteiger partial charge in [0.25, 0.3) is 5.91 Å². The number of para-hydroxylation sites is 1. The zero-order chi connectivity index (χ0) is 14.8. The first kappa shape index (κ1) is 14.2. The van der Waals surface area contributed by atoms with Crippen molar-refractivity contribution in [3.63, 3.8) is 0 Å². The summed E-state index contributed by atoms with van der Waals surface area (Å²) in [5.74, 6) is 0.789. The van der Waals surface area contributed by atoms with Gasteiger partial charge in [-0.15, -0.1) is 0 Å². The molecule has 2 aliphatic heterocycles. The van der Waals surface area contributed by atoms with E-state index in [2.05, 4.69) is 24.2 Å². The average molecular weight is 289 g/mol. The first-order valence-corrected chi connectivity index (χ1v) is 7.66. The molecule has 0 aromatic heterocycles. The normalized spacial score (nSPS) is 22.8. The molecule has 114 valence electrons. The highest BCUT2D eigenvalue weighted by atomic mass is 16.5. The van der Waals surface area contributed by atoms with Gasteiger partial charge in [-0.2, -0.15) is 0 Å². The Morgan fingerprint density at radius 3 is 3.10 bits per heavy atom. The van der Waals surface area contributed by atoms with Crippen LogP contribution in [0, 0.1) is 0 Å². The van der Waals surface area contributed by atoms with Crippen LogP contribution in [0.1, 0.15) is 23.7 Å². The van der Waals surface area contributed by atoms with Crippen molar-refractivity contribution in [2.45, 2.75) is 19.4 Å². The van der Waals surface area contributed by atoms with Crippen molar-refractivity contribution >= 4 is 11.6 Å². The van der Waals surface area contributed by atoms with E-state index in [1.807, 2.05) is 23.1 Å². The molecule has 1 amide bonds. The van der Waals surface area contributed by atoms with Gasteiger partial charge >= 0.3 is 0 Å². The Morgan fingerprint density at radius 1 is 1.38 bits per heavy atom. The molecule has 1 fully saturated rings. The summed E-state index contributed by atoms with van der Waals surface area (Å²) in [5, 5.41) is 3.29. The molecule has 2 aliphatic rings. The molecule has 1 saturated heterocycles. The largest absolute Gasteiger partial charge is 0.489 e. The molecular weight excluding hydrogens is 266 g/mol. The Labute approximate surface area is 125 Å². The van der Waals surface area contributed by atoms with Crippen LogP contribution in [0.25, 0.3) is 0 Å². The zero-order valence-corrected chi connectivity index (χ0v) is 12.8. The topological polar surface area (TPSA) is 44.8 Å². The molecular formula is C16H23N3O2. The van der Waals surface area contributed by atoms with Crippen molar-refractivity contribution in [1.29, 1.82) is 0 Å². The monoisotopic (exact) mass is 289 g/mol. The predicted octanol–water partition coefficient (Wildman–Crippen LogP) is 1.66. The van der Waals surface area contributed by atoms with Crippen molar-refractivity contribution in [1.82, 2.24) is 9.80 Å². The standard InChI is InChI=1S/C16H23N3O2/c1-12-11-18(2)8-4-9-19(12)16(20)13-5-3-6-14-15(13)21-10-7-17-14/h3,5-6,12,17H,4,7-11H2,1-2H3. The summed E-state index contributed by atoms with van der Waals surface area (Å²) in [7, 11) is 2.11. The molecule has 0 aliphatic carbocycles. The first-order valence-electron chi connectivity index (χ1n) is 7.66. The number of benzene rings is 1. The maximum atomic E-state index is 12.9. The van der Waals surface area contributed by atoms with Gasteiger partial charge in [-0.3, -0.25) is 4.79 Å². The maximum absolute atomic E-state index is 12.9. The Morgan fingerprint density at radius 2 is 2.24 bits per heavy atom. The van der Waals surface area contributed by atoms with Crippen molar-refractivity contribution in [2.24, 2.45) is 0 Å². The number of nitrogens with one attached hydrogen (secondary N) is 1.